The summed E-state index contributed by atoms with van der Waals surface area (Å²) in [5.74, 6) is 0. The number of nitrogens with one attached hydrogen (secondary N) is 1. The van der Waals surface area contributed by atoms with E-state index in [0.29, 0.717) is 0 Å². The zero-order chi connectivity index (χ0) is 11.5. The summed E-state index contributed by atoms with van der Waals surface area (Å²) in [6, 6.07) is 8.04. The van der Waals surface area contributed by atoms with Gasteiger partial charge in [0.2, 0.25) is 0 Å². The molecule has 2 nitrogen and oxygen atoms in total. The molecule has 2 N–H and O–H groups in total. The first-order valence-electron chi connectivity index (χ1n) is 5.20. The van der Waals surface area contributed by atoms with E-state index in [9.17, 15) is 5.11 Å². The minimum Gasteiger partial charge on any atom is -0.384 e. The van der Waals surface area contributed by atoms with E-state index in [1.54, 1.807) is 0 Å². The van der Waals surface area contributed by atoms with Gasteiger partial charge in [0.15, 0.2) is 0 Å². The van der Waals surface area contributed by atoms with Crippen LogP contribution in [0.25, 0.3) is 0 Å². The van der Waals surface area contributed by atoms with Crippen LogP contribution in [0.3, 0.4) is 0 Å². The molecule has 1 aromatic carbocycles. The van der Waals surface area contributed by atoms with E-state index in [2.05, 4.69) is 27.9 Å². The van der Waals surface area contributed by atoms with Crippen molar-refractivity contribution in [2.75, 3.05) is 6.54 Å². The second-order valence-corrected chi connectivity index (χ2v) is 5.18. The zero-order valence-corrected chi connectivity index (χ0v) is 11.6. The largest absolute Gasteiger partial charge is 0.384 e. The summed E-state index contributed by atoms with van der Waals surface area (Å²) < 4.78 is 1.18. The van der Waals surface area contributed by atoms with E-state index in [-0.39, 0.29) is 6.04 Å². The molecule has 2 unspecified atom stereocenters. The molecule has 0 aliphatic heterocycles. The maximum Gasteiger partial charge on any atom is 0.102 e. The molecule has 0 saturated carbocycles. The Hall–Kier alpha value is -0.130. The van der Waals surface area contributed by atoms with Gasteiger partial charge < -0.3 is 10.4 Å². The lowest BCUT2D eigenvalue weighted by Gasteiger charge is -2.31. The molecular formula is C12H18INO. The average molecular weight is 319 g/mol. The monoisotopic (exact) mass is 319 g/mol. The van der Waals surface area contributed by atoms with Crippen LogP contribution < -0.4 is 5.32 Å². The summed E-state index contributed by atoms with van der Waals surface area (Å²) in [6.45, 7) is 6.76. The number of likely N-dealkylation sites (N-methyl/N-ethyl adjacent to an activating group) is 1. The van der Waals surface area contributed by atoms with Crippen molar-refractivity contribution < 1.29 is 5.11 Å². The topological polar surface area (TPSA) is 32.3 Å². The summed E-state index contributed by atoms with van der Waals surface area (Å²) in [6.07, 6.45) is 0. The summed E-state index contributed by atoms with van der Waals surface area (Å²) in [4.78, 5) is 0. The molecule has 0 bridgehead atoms. The van der Waals surface area contributed by atoms with Crippen molar-refractivity contribution in [1.29, 1.82) is 0 Å². The van der Waals surface area contributed by atoms with Crippen molar-refractivity contribution in [3.05, 3.63) is 33.4 Å². The van der Waals surface area contributed by atoms with E-state index >= 15 is 0 Å². The second-order valence-electron chi connectivity index (χ2n) is 3.93. The Balaban J connectivity index is 2.89. The third kappa shape index (κ3) is 3.16. The van der Waals surface area contributed by atoms with Crippen molar-refractivity contribution in [1.82, 2.24) is 5.32 Å². The second kappa shape index (κ2) is 5.27. The van der Waals surface area contributed by atoms with Crippen molar-refractivity contribution in [2.24, 2.45) is 0 Å². The highest BCUT2D eigenvalue weighted by molar-refractivity contribution is 14.1. The van der Waals surface area contributed by atoms with E-state index in [1.165, 1.54) is 3.57 Å². The maximum absolute atomic E-state index is 10.4. The van der Waals surface area contributed by atoms with Gasteiger partial charge in [-0.05, 0) is 60.7 Å². The number of hydrogen-bond donors (Lipinski definition) is 2. The fourth-order valence-electron chi connectivity index (χ4n) is 1.54. The highest BCUT2D eigenvalue weighted by Gasteiger charge is 2.29. The van der Waals surface area contributed by atoms with Gasteiger partial charge in [-0.2, -0.15) is 0 Å². The Morgan fingerprint density at radius 3 is 2.40 bits per heavy atom. The lowest BCUT2D eigenvalue weighted by atomic mass is 9.89. The normalized spacial score (nSPS) is 17.1. The number of aliphatic hydroxyl groups is 1. The Kier molecular flexibility index (Phi) is 4.55. The third-order valence-electron chi connectivity index (χ3n) is 2.78. The lowest BCUT2D eigenvalue weighted by molar-refractivity contribution is 0.0221. The molecule has 0 saturated heterocycles. The summed E-state index contributed by atoms with van der Waals surface area (Å²) in [5.41, 5.74) is 0.136. The van der Waals surface area contributed by atoms with Gasteiger partial charge in [-0.3, -0.25) is 0 Å². The zero-order valence-electron chi connectivity index (χ0n) is 9.42. The molecule has 0 aliphatic rings. The fraction of sp³-hybridized carbons (Fsp3) is 0.500. The first-order valence-corrected chi connectivity index (χ1v) is 6.28. The molecule has 3 heteroatoms. The van der Waals surface area contributed by atoms with Crippen LogP contribution in [-0.4, -0.2) is 17.7 Å². The summed E-state index contributed by atoms with van der Waals surface area (Å²) >= 11 is 2.26. The molecule has 1 aromatic rings. The number of hydrogen-bond acceptors (Lipinski definition) is 2. The third-order valence-corrected chi connectivity index (χ3v) is 3.50. The molecule has 84 valence electrons. The van der Waals surface area contributed by atoms with Gasteiger partial charge in [-0.15, -0.1) is 0 Å². The molecule has 0 amide bonds. The van der Waals surface area contributed by atoms with E-state index < -0.39 is 5.60 Å². The molecule has 0 spiro atoms. The Bertz CT molecular complexity index is 308. The van der Waals surface area contributed by atoms with Crippen LogP contribution >= 0.6 is 22.6 Å². The molecule has 15 heavy (non-hydrogen) atoms. The van der Waals surface area contributed by atoms with Gasteiger partial charge >= 0.3 is 0 Å². The Morgan fingerprint density at radius 2 is 1.93 bits per heavy atom. The van der Waals surface area contributed by atoms with Gasteiger partial charge in [-0.25, -0.2) is 0 Å². The average Bonchev–Trinajstić information content (AvgIpc) is 2.18. The van der Waals surface area contributed by atoms with Gasteiger partial charge in [-0.1, -0.05) is 19.1 Å². The SMILES string of the molecule is CCNC(C)C(C)(O)c1ccc(I)cc1. The van der Waals surface area contributed by atoms with Crippen LogP contribution in [0.1, 0.15) is 26.3 Å². The van der Waals surface area contributed by atoms with Crippen LogP contribution in [0, 0.1) is 3.57 Å². The molecule has 2 atom stereocenters. The summed E-state index contributed by atoms with van der Waals surface area (Å²) in [5, 5.41) is 13.7. The predicted octanol–water partition coefficient (Wildman–Crippen LogP) is 2.50. The Labute approximate surface area is 105 Å². The number of rotatable bonds is 4. The standard InChI is InChI=1S/C12H18INO/c1-4-14-9(2)12(3,15)10-5-7-11(13)8-6-10/h5-9,14-15H,4H2,1-3H3. The van der Waals surface area contributed by atoms with E-state index in [1.807, 2.05) is 45.0 Å². The van der Waals surface area contributed by atoms with Gasteiger partial charge in [0, 0.05) is 9.61 Å². The van der Waals surface area contributed by atoms with E-state index in [0.717, 1.165) is 12.1 Å². The van der Waals surface area contributed by atoms with Crippen LogP contribution in [0.15, 0.2) is 24.3 Å². The molecule has 0 fully saturated rings. The van der Waals surface area contributed by atoms with Crippen molar-refractivity contribution >= 4 is 22.6 Å². The van der Waals surface area contributed by atoms with Crippen molar-refractivity contribution in [3.8, 4) is 0 Å². The summed E-state index contributed by atoms with van der Waals surface area (Å²) in [7, 11) is 0. The van der Waals surface area contributed by atoms with Gasteiger partial charge in [0.25, 0.3) is 0 Å². The first-order chi connectivity index (χ1) is 6.98. The quantitative estimate of drug-likeness (QED) is 0.836. The molecule has 1 rings (SSSR count). The van der Waals surface area contributed by atoms with Crippen molar-refractivity contribution in [3.63, 3.8) is 0 Å². The molecule has 0 aliphatic carbocycles. The highest BCUT2D eigenvalue weighted by Crippen LogP contribution is 2.25. The fourth-order valence-corrected chi connectivity index (χ4v) is 1.90. The van der Waals surface area contributed by atoms with Crippen molar-refractivity contribution in [2.45, 2.75) is 32.4 Å². The first kappa shape index (κ1) is 12.9. The Morgan fingerprint density at radius 1 is 1.40 bits per heavy atom. The van der Waals surface area contributed by atoms with Crippen LogP contribution in [0.4, 0.5) is 0 Å². The maximum atomic E-state index is 10.4. The van der Waals surface area contributed by atoms with E-state index in [4.69, 9.17) is 0 Å². The minimum absolute atomic E-state index is 0.0440. The van der Waals surface area contributed by atoms with Crippen LogP contribution in [0.5, 0.6) is 0 Å². The molecular weight excluding hydrogens is 301 g/mol. The van der Waals surface area contributed by atoms with Crippen LogP contribution in [0.2, 0.25) is 0 Å². The predicted molar refractivity (Wildman–Crippen MR) is 71.9 cm³/mol. The smallest absolute Gasteiger partial charge is 0.102 e. The number of benzene rings is 1. The van der Waals surface area contributed by atoms with Gasteiger partial charge in [0.05, 0.1) is 0 Å². The minimum atomic E-state index is -0.819. The molecule has 0 radical (unpaired) electrons. The van der Waals surface area contributed by atoms with Crippen LogP contribution in [-0.2, 0) is 5.60 Å². The number of halogens is 1. The molecule has 0 aromatic heterocycles. The molecule has 0 heterocycles. The van der Waals surface area contributed by atoms with Gasteiger partial charge in [0.1, 0.15) is 5.60 Å². The highest BCUT2D eigenvalue weighted by atomic mass is 127. The lowest BCUT2D eigenvalue weighted by Crippen LogP contribution is -2.44.